The maximum absolute atomic E-state index is 11.7. The summed E-state index contributed by atoms with van der Waals surface area (Å²) in [6, 6.07) is 17.9. The second-order valence-corrected chi connectivity index (χ2v) is 4.48. The molecule has 2 heteroatoms. The molecule has 1 atom stereocenters. The lowest BCUT2D eigenvalue weighted by atomic mass is 9.92. The molecule has 0 aliphatic rings. The molecular weight excluding hydrogens is 236 g/mol. The number of hydrogen-bond acceptors (Lipinski definition) is 2. The molecule has 2 aromatic carbocycles. The van der Waals surface area contributed by atoms with Crippen molar-refractivity contribution in [2.24, 2.45) is 0 Å². The van der Waals surface area contributed by atoms with Gasteiger partial charge >= 0.3 is 5.97 Å². The van der Waals surface area contributed by atoms with Crippen LogP contribution in [0.3, 0.4) is 0 Å². The van der Waals surface area contributed by atoms with Crippen LogP contribution < -0.4 is 0 Å². The molecule has 2 aromatic rings. The summed E-state index contributed by atoms with van der Waals surface area (Å²) < 4.78 is 5.03. The minimum absolute atomic E-state index is 0.260. The molecule has 0 heterocycles. The average molecular weight is 254 g/mol. The van der Waals surface area contributed by atoms with Crippen LogP contribution in [0.1, 0.15) is 41.3 Å². The quantitative estimate of drug-likeness (QED) is 0.770. The Morgan fingerprint density at radius 2 is 1.74 bits per heavy atom. The van der Waals surface area contributed by atoms with Gasteiger partial charge in [0.1, 0.15) is 0 Å². The largest absolute Gasteiger partial charge is 0.462 e. The van der Waals surface area contributed by atoms with Crippen molar-refractivity contribution in [1.82, 2.24) is 0 Å². The first kappa shape index (κ1) is 13.3. The van der Waals surface area contributed by atoms with E-state index >= 15 is 0 Å². The monoisotopic (exact) mass is 254 g/mol. The lowest BCUT2D eigenvalue weighted by molar-refractivity contribution is 0.0526. The summed E-state index contributed by atoms with van der Waals surface area (Å²) in [6.07, 6.45) is 0. The van der Waals surface area contributed by atoms with E-state index in [4.69, 9.17) is 4.74 Å². The van der Waals surface area contributed by atoms with E-state index in [1.807, 2.05) is 43.3 Å². The zero-order valence-corrected chi connectivity index (χ0v) is 11.3. The van der Waals surface area contributed by atoms with E-state index in [2.05, 4.69) is 19.1 Å². The van der Waals surface area contributed by atoms with Crippen LogP contribution in [0.5, 0.6) is 0 Å². The first-order chi connectivity index (χ1) is 9.22. The molecule has 2 nitrogen and oxygen atoms in total. The van der Waals surface area contributed by atoms with Gasteiger partial charge in [-0.3, -0.25) is 0 Å². The highest BCUT2D eigenvalue weighted by molar-refractivity contribution is 5.89. The fraction of sp³-hybridized carbons (Fsp3) is 0.235. The van der Waals surface area contributed by atoms with E-state index in [0.717, 1.165) is 5.56 Å². The number of esters is 1. The number of benzene rings is 2. The van der Waals surface area contributed by atoms with Gasteiger partial charge in [0, 0.05) is 5.92 Å². The van der Waals surface area contributed by atoms with E-state index in [1.54, 1.807) is 6.07 Å². The van der Waals surface area contributed by atoms with Gasteiger partial charge in [-0.1, -0.05) is 49.4 Å². The Labute approximate surface area is 114 Å². The highest BCUT2D eigenvalue weighted by Crippen LogP contribution is 2.24. The number of carbonyl (C=O) groups is 1. The Kier molecular flexibility index (Phi) is 4.35. The molecule has 0 fully saturated rings. The second-order valence-electron chi connectivity index (χ2n) is 4.48. The van der Waals surface area contributed by atoms with Crippen LogP contribution in [0.4, 0.5) is 0 Å². The van der Waals surface area contributed by atoms with Crippen molar-refractivity contribution < 1.29 is 9.53 Å². The molecule has 98 valence electrons. The molecule has 0 saturated heterocycles. The molecule has 0 aliphatic heterocycles. The van der Waals surface area contributed by atoms with Gasteiger partial charge in [0.2, 0.25) is 0 Å². The zero-order chi connectivity index (χ0) is 13.7. The summed E-state index contributed by atoms with van der Waals surface area (Å²) >= 11 is 0. The van der Waals surface area contributed by atoms with Crippen LogP contribution in [0, 0.1) is 0 Å². The number of carbonyl (C=O) groups excluding carboxylic acids is 1. The molecule has 2 rings (SSSR count). The molecule has 0 amide bonds. The highest BCUT2D eigenvalue weighted by Gasteiger charge is 2.11. The van der Waals surface area contributed by atoms with E-state index in [0.29, 0.717) is 12.2 Å². The molecule has 0 spiro atoms. The van der Waals surface area contributed by atoms with Crippen molar-refractivity contribution in [3.05, 3.63) is 71.3 Å². The Bertz CT molecular complexity index is 546. The summed E-state index contributed by atoms with van der Waals surface area (Å²) in [6.45, 7) is 4.35. The van der Waals surface area contributed by atoms with Gasteiger partial charge in [-0.15, -0.1) is 0 Å². The maximum Gasteiger partial charge on any atom is 0.338 e. The van der Waals surface area contributed by atoms with Gasteiger partial charge in [-0.2, -0.15) is 0 Å². The fourth-order valence-electron chi connectivity index (χ4n) is 2.08. The van der Waals surface area contributed by atoms with Crippen LogP contribution in [0.25, 0.3) is 0 Å². The van der Waals surface area contributed by atoms with Crippen molar-refractivity contribution >= 4 is 5.97 Å². The number of ether oxygens (including phenoxy) is 1. The van der Waals surface area contributed by atoms with Crippen LogP contribution in [0.15, 0.2) is 54.6 Å². The normalized spacial score (nSPS) is 11.9. The van der Waals surface area contributed by atoms with E-state index in [9.17, 15) is 4.79 Å². The predicted octanol–water partition coefficient (Wildman–Crippen LogP) is 4.02. The standard InChI is InChI=1S/C17H18O2/c1-3-19-17(18)16-11-7-10-15(12-16)13(2)14-8-5-4-6-9-14/h4-13H,3H2,1-2H3. The van der Waals surface area contributed by atoms with Crippen molar-refractivity contribution in [3.8, 4) is 0 Å². The van der Waals surface area contributed by atoms with E-state index < -0.39 is 0 Å². The molecule has 0 aromatic heterocycles. The summed E-state index contributed by atoms with van der Waals surface area (Å²) in [7, 11) is 0. The first-order valence-electron chi connectivity index (χ1n) is 6.54. The Hall–Kier alpha value is -2.09. The molecule has 0 aliphatic carbocycles. The SMILES string of the molecule is CCOC(=O)c1cccc(C(C)c2ccccc2)c1. The van der Waals surface area contributed by atoms with Gasteiger partial charge in [0.25, 0.3) is 0 Å². The smallest absolute Gasteiger partial charge is 0.338 e. The van der Waals surface area contributed by atoms with Gasteiger partial charge in [0.15, 0.2) is 0 Å². The number of hydrogen-bond donors (Lipinski definition) is 0. The van der Waals surface area contributed by atoms with Crippen LogP contribution >= 0.6 is 0 Å². The third kappa shape index (κ3) is 3.22. The fourth-order valence-corrected chi connectivity index (χ4v) is 2.08. The highest BCUT2D eigenvalue weighted by atomic mass is 16.5. The second kappa shape index (κ2) is 6.19. The van der Waals surface area contributed by atoms with Crippen molar-refractivity contribution in [3.63, 3.8) is 0 Å². The van der Waals surface area contributed by atoms with Gasteiger partial charge in [0.05, 0.1) is 12.2 Å². The van der Waals surface area contributed by atoms with Crippen molar-refractivity contribution in [2.75, 3.05) is 6.61 Å². The lowest BCUT2D eigenvalue weighted by Gasteiger charge is -2.13. The van der Waals surface area contributed by atoms with Crippen LogP contribution in [-0.4, -0.2) is 12.6 Å². The maximum atomic E-state index is 11.7. The molecule has 0 N–H and O–H groups in total. The van der Waals surface area contributed by atoms with Crippen molar-refractivity contribution in [2.45, 2.75) is 19.8 Å². The van der Waals surface area contributed by atoms with E-state index in [-0.39, 0.29) is 11.9 Å². The first-order valence-corrected chi connectivity index (χ1v) is 6.54. The molecule has 0 saturated carbocycles. The summed E-state index contributed by atoms with van der Waals surface area (Å²) in [5.41, 5.74) is 2.97. The Balaban J connectivity index is 2.26. The third-order valence-electron chi connectivity index (χ3n) is 3.20. The van der Waals surface area contributed by atoms with E-state index in [1.165, 1.54) is 5.56 Å². The molecule has 0 bridgehead atoms. The van der Waals surface area contributed by atoms with Gasteiger partial charge in [-0.25, -0.2) is 4.79 Å². The van der Waals surface area contributed by atoms with Gasteiger partial charge < -0.3 is 4.74 Å². The topological polar surface area (TPSA) is 26.3 Å². The molecule has 1 unspecified atom stereocenters. The predicted molar refractivity (Wildman–Crippen MR) is 76.4 cm³/mol. The molecular formula is C17H18O2. The summed E-state index contributed by atoms with van der Waals surface area (Å²) in [4.78, 5) is 11.7. The Morgan fingerprint density at radius 1 is 1.05 bits per heavy atom. The van der Waals surface area contributed by atoms with Crippen LogP contribution in [0.2, 0.25) is 0 Å². The number of rotatable bonds is 4. The molecule has 19 heavy (non-hydrogen) atoms. The average Bonchev–Trinajstić information content (AvgIpc) is 2.48. The minimum Gasteiger partial charge on any atom is -0.462 e. The third-order valence-corrected chi connectivity index (χ3v) is 3.20. The summed E-state index contributed by atoms with van der Waals surface area (Å²) in [5, 5.41) is 0. The molecule has 0 radical (unpaired) electrons. The Morgan fingerprint density at radius 3 is 2.42 bits per heavy atom. The minimum atomic E-state index is -0.260. The van der Waals surface area contributed by atoms with Crippen molar-refractivity contribution in [1.29, 1.82) is 0 Å². The zero-order valence-electron chi connectivity index (χ0n) is 11.3. The lowest BCUT2D eigenvalue weighted by Crippen LogP contribution is -2.06. The summed E-state index contributed by atoms with van der Waals surface area (Å²) in [5.74, 6) is 0.000174. The van der Waals surface area contributed by atoms with Gasteiger partial charge in [-0.05, 0) is 30.2 Å². The van der Waals surface area contributed by atoms with Crippen LogP contribution in [-0.2, 0) is 4.74 Å².